The van der Waals surface area contributed by atoms with Gasteiger partial charge in [-0.1, -0.05) is 19.4 Å². The molecule has 0 unspecified atom stereocenters. The zero-order valence-corrected chi connectivity index (χ0v) is 12.3. The second-order valence-corrected chi connectivity index (χ2v) is 5.82. The Morgan fingerprint density at radius 1 is 1.35 bits per heavy atom. The third kappa shape index (κ3) is 2.85. The number of imidazole rings is 1. The van der Waals surface area contributed by atoms with E-state index in [-0.39, 0.29) is 0 Å². The number of aromatic nitrogens is 2. The monoisotopic (exact) mass is 287 g/mol. The summed E-state index contributed by atoms with van der Waals surface area (Å²) in [6.07, 6.45) is 7.80. The Labute approximate surface area is 122 Å². The molecular formula is C14H17N5S. The molecule has 0 saturated heterocycles. The average molecular weight is 287 g/mol. The van der Waals surface area contributed by atoms with E-state index in [0.717, 1.165) is 18.0 Å². The van der Waals surface area contributed by atoms with E-state index in [1.807, 2.05) is 22.6 Å². The Kier molecular flexibility index (Phi) is 4.01. The van der Waals surface area contributed by atoms with Gasteiger partial charge in [-0.25, -0.2) is 9.66 Å². The SMILES string of the molecule is CCCCSc1ccc2c(c1)N=NN(n1ccnc1)C2. The molecule has 20 heavy (non-hydrogen) atoms. The van der Waals surface area contributed by atoms with Gasteiger partial charge in [0.1, 0.15) is 6.33 Å². The minimum absolute atomic E-state index is 0.717. The van der Waals surface area contributed by atoms with Gasteiger partial charge in [0.15, 0.2) is 0 Å². The van der Waals surface area contributed by atoms with Crippen molar-refractivity contribution in [3.05, 3.63) is 42.5 Å². The van der Waals surface area contributed by atoms with Gasteiger partial charge >= 0.3 is 0 Å². The highest BCUT2D eigenvalue weighted by molar-refractivity contribution is 7.99. The Balaban J connectivity index is 1.73. The van der Waals surface area contributed by atoms with Crippen LogP contribution in [0.15, 0.2) is 52.2 Å². The molecule has 1 aliphatic rings. The molecule has 0 aliphatic carbocycles. The molecule has 1 aliphatic heterocycles. The molecule has 104 valence electrons. The Morgan fingerprint density at radius 3 is 3.10 bits per heavy atom. The summed E-state index contributed by atoms with van der Waals surface area (Å²) in [5.41, 5.74) is 2.16. The smallest absolute Gasteiger partial charge is 0.116 e. The molecule has 5 nitrogen and oxygen atoms in total. The summed E-state index contributed by atoms with van der Waals surface area (Å²) < 4.78 is 1.83. The van der Waals surface area contributed by atoms with Crippen molar-refractivity contribution in [1.82, 2.24) is 9.66 Å². The number of hydrogen-bond donors (Lipinski definition) is 0. The molecule has 1 aromatic carbocycles. The lowest BCUT2D eigenvalue weighted by molar-refractivity contribution is 0.566. The van der Waals surface area contributed by atoms with Gasteiger partial charge in [-0.3, -0.25) is 0 Å². The average Bonchev–Trinajstić information content (AvgIpc) is 3.01. The molecule has 0 spiro atoms. The fourth-order valence-corrected chi connectivity index (χ4v) is 3.02. The second-order valence-electron chi connectivity index (χ2n) is 4.66. The normalized spacial score (nSPS) is 13.6. The lowest BCUT2D eigenvalue weighted by Gasteiger charge is -2.22. The van der Waals surface area contributed by atoms with Crippen molar-refractivity contribution < 1.29 is 0 Å². The number of fused-ring (bicyclic) bond motifs is 1. The van der Waals surface area contributed by atoms with Crippen LogP contribution in [0.2, 0.25) is 0 Å². The first kappa shape index (κ1) is 13.2. The van der Waals surface area contributed by atoms with E-state index in [1.165, 1.54) is 23.3 Å². The van der Waals surface area contributed by atoms with Crippen molar-refractivity contribution >= 4 is 17.4 Å². The van der Waals surface area contributed by atoms with Crippen molar-refractivity contribution in [3.63, 3.8) is 0 Å². The predicted octanol–water partition coefficient (Wildman–Crippen LogP) is 3.93. The van der Waals surface area contributed by atoms with Crippen LogP contribution in [0.3, 0.4) is 0 Å². The lowest BCUT2D eigenvalue weighted by Crippen LogP contribution is -2.28. The number of nitrogens with zero attached hydrogens (tertiary/aromatic N) is 5. The van der Waals surface area contributed by atoms with Crippen molar-refractivity contribution in [1.29, 1.82) is 0 Å². The quantitative estimate of drug-likeness (QED) is 0.618. The van der Waals surface area contributed by atoms with Crippen molar-refractivity contribution in [2.24, 2.45) is 10.3 Å². The van der Waals surface area contributed by atoms with Gasteiger partial charge in [-0.15, -0.1) is 16.9 Å². The van der Waals surface area contributed by atoms with Crippen molar-refractivity contribution in [2.75, 3.05) is 10.9 Å². The Hall–Kier alpha value is -1.82. The van der Waals surface area contributed by atoms with Crippen LogP contribution in [0.25, 0.3) is 0 Å². The third-order valence-corrected chi connectivity index (χ3v) is 4.23. The summed E-state index contributed by atoms with van der Waals surface area (Å²) >= 11 is 1.89. The van der Waals surface area contributed by atoms with Crippen LogP contribution in [0.5, 0.6) is 0 Å². The summed E-state index contributed by atoms with van der Waals surface area (Å²) in [4.78, 5) is 5.30. The highest BCUT2D eigenvalue weighted by atomic mass is 32.2. The van der Waals surface area contributed by atoms with Crippen molar-refractivity contribution in [3.8, 4) is 0 Å². The van der Waals surface area contributed by atoms with E-state index >= 15 is 0 Å². The van der Waals surface area contributed by atoms with Crippen LogP contribution in [0, 0.1) is 0 Å². The molecule has 2 aromatic rings. The molecule has 0 atom stereocenters. The molecule has 0 amide bonds. The number of unbranched alkanes of at least 4 members (excludes halogenated alkanes) is 1. The maximum absolute atomic E-state index is 4.31. The van der Waals surface area contributed by atoms with Crippen LogP contribution in [0.4, 0.5) is 5.69 Å². The number of thioether (sulfide) groups is 1. The standard InChI is InChI=1S/C14H17N5S/c1-2-3-8-20-13-5-4-12-10-19(17-16-14(12)9-13)18-7-6-15-11-18/h4-7,9,11H,2-3,8,10H2,1H3. The second kappa shape index (κ2) is 6.09. The molecule has 0 fully saturated rings. The van der Waals surface area contributed by atoms with E-state index in [0.29, 0.717) is 0 Å². The molecule has 1 aromatic heterocycles. The van der Waals surface area contributed by atoms with Gasteiger partial charge in [-0.05, 0) is 29.5 Å². The van der Waals surface area contributed by atoms with E-state index < -0.39 is 0 Å². The zero-order chi connectivity index (χ0) is 13.8. The summed E-state index contributed by atoms with van der Waals surface area (Å²) in [5, 5.41) is 10.3. The van der Waals surface area contributed by atoms with E-state index in [9.17, 15) is 0 Å². The van der Waals surface area contributed by atoms with Crippen molar-refractivity contribution in [2.45, 2.75) is 31.2 Å². The third-order valence-electron chi connectivity index (χ3n) is 3.15. The van der Waals surface area contributed by atoms with Gasteiger partial charge in [0, 0.05) is 22.9 Å². The summed E-state index contributed by atoms with van der Waals surface area (Å²) in [6.45, 7) is 2.93. The maximum Gasteiger partial charge on any atom is 0.116 e. The van der Waals surface area contributed by atoms with Crippen LogP contribution in [0.1, 0.15) is 25.3 Å². The largest absolute Gasteiger partial charge is 0.243 e. The molecule has 3 rings (SSSR count). The molecule has 0 radical (unpaired) electrons. The molecule has 0 N–H and O–H groups in total. The zero-order valence-electron chi connectivity index (χ0n) is 11.4. The van der Waals surface area contributed by atoms with E-state index in [4.69, 9.17) is 0 Å². The maximum atomic E-state index is 4.31. The first-order valence-corrected chi connectivity index (χ1v) is 7.78. The fourth-order valence-electron chi connectivity index (χ4n) is 1.99. The van der Waals surface area contributed by atoms with Gasteiger partial charge in [-0.2, -0.15) is 5.12 Å². The number of hydrogen-bond acceptors (Lipinski definition) is 5. The summed E-state index contributed by atoms with van der Waals surface area (Å²) in [6, 6.07) is 6.45. The Bertz CT molecular complexity index is 594. The van der Waals surface area contributed by atoms with Gasteiger partial charge in [0.2, 0.25) is 0 Å². The van der Waals surface area contributed by atoms with Crippen LogP contribution in [-0.4, -0.2) is 15.4 Å². The van der Waals surface area contributed by atoms with Crippen LogP contribution < -0.4 is 5.12 Å². The minimum Gasteiger partial charge on any atom is -0.243 e. The van der Waals surface area contributed by atoms with Gasteiger partial charge in [0.05, 0.1) is 12.2 Å². The Morgan fingerprint density at radius 2 is 2.30 bits per heavy atom. The molecule has 0 saturated carbocycles. The highest BCUT2D eigenvalue weighted by Gasteiger charge is 2.14. The molecule has 0 bridgehead atoms. The van der Waals surface area contributed by atoms with E-state index in [1.54, 1.807) is 17.6 Å². The number of benzene rings is 1. The van der Waals surface area contributed by atoms with Gasteiger partial charge < -0.3 is 0 Å². The topological polar surface area (TPSA) is 45.8 Å². The van der Waals surface area contributed by atoms with Gasteiger partial charge in [0.25, 0.3) is 0 Å². The summed E-state index contributed by atoms with van der Waals surface area (Å²) in [7, 11) is 0. The fraction of sp³-hybridized carbons (Fsp3) is 0.357. The van der Waals surface area contributed by atoms with Crippen LogP contribution >= 0.6 is 11.8 Å². The van der Waals surface area contributed by atoms with E-state index in [2.05, 4.69) is 40.4 Å². The molecule has 6 heteroatoms. The molecular weight excluding hydrogens is 270 g/mol. The first-order valence-electron chi connectivity index (χ1n) is 6.80. The highest BCUT2D eigenvalue weighted by Crippen LogP contribution is 2.31. The predicted molar refractivity (Wildman–Crippen MR) is 80.7 cm³/mol. The number of rotatable bonds is 5. The summed E-state index contributed by atoms with van der Waals surface area (Å²) in [5.74, 6) is 1.16. The molecule has 2 heterocycles. The first-order chi connectivity index (χ1) is 9.86. The lowest BCUT2D eigenvalue weighted by atomic mass is 10.2. The van der Waals surface area contributed by atoms with Crippen LogP contribution in [-0.2, 0) is 6.54 Å². The minimum atomic E-state index is 0.717.